The molecule has 0 radical (unpaired) electrons. The lowest BCUT2D eigenvalue weighted by molar-refractivity contribution is 0.411. The lowest BCUT2D eigenvalue weighted by atomic mass is 10.1. The Labute approximate surface area is 186 Å². The number of nitrogens with one attached hydrogen (secondary N) is 2. The first kappa shape index (κ1) is 19.1. The molecule has 0 amide bonds. The second kappa shape index (κ2) is 7.49. The summed E-state index contributed by atoms with van der Waals surface area (Å²) < 4.78 is 19.4. The van der Waals surface area contributed by atoms with Crippen molar-refractivity contribution in [2.75, 3.05) is 7.11 Å². The number of benzene rings is 1. The molecule has 2 N–H and O–H groups in total. The summed E-state index contributed by atoms with van der Waals surface area (Å²) in [6.45, 7) is 0. The van der Waals surface area contributed by atoms with Crippen LogP contribution in [0.5, 0.6) is 5.75 Å². The Hall–Kier alpha value is -4.66. The zero-order chi connectivity index (χ0) is 22.4. The van der Waals surface area contributed by atoms with Crippen molar-refractivity contribution in [3.8, 4) is 39.7 Å². The van der Waals surface area contributed by atoms with Gasteiger partial charge in [-0.1, -0.05) is 0 Å². The van der Waals surface area contributed by atoms with Crippen molar-refractivity contribution in [1.82, 2.24) is 35.1 Å². The van der Waals surface area contributed by atoms with Crippen LogP contribution >= 0.6 is 0 Å². The average molecular weight is 437 g/mol. The summed E-state index contributed by atoms with van der Waals surface area (Å²) in [6, 6.07) is 14.0. The van der Waals surface area contributed by atoms with E-state index in [1.165, 1.54) is 19.2 Å². The highest BCUT2D eigenvalue weighted by Gasteiger charge is 2.18. The SMILES string of the molecule is COc1cc(F)cc(-c2ccnc3nc(-c4n[nH]c5ccc(-c6cccnc6)nc45)[nH]c23)c1. The van der Waals surface area contributed by atoms with Crippen molar-refractivity contribution in [3.05, 3.63) is 72.9 Å². The van der Waals surface area contributed by atoms with E-state index in [1.807, 2.05) is 24.3 Å². The van der Waals surface area contributed by atoms with Gasteiger partial charge in [-0.05, 0) is 48.0 Å². The number of hydrogen-bond acceptors (Lipinski definition) is 6. The van der Waals surface area contributed by atoms with E-state index in [4.69, 9.17) is 9.72 Å². The van der Waals surface area contributed by atoms with E-state index in [0.717, 1.165) is 22.3 Å². The first-order valence-electron chi connectivity index (χ1n) is 10.1. The Bertz CT molecular complexity index is 1620. The number of halogens is 1. The molecule has 0 aliphatic carbocycles. The van der Waals surface area contributed by atoms with Crippen molar-refractivity contribution < 1.29 is 9.13 Å². The van der Waals surface area contributed by atoms with Gasteiger partial charge >= 0.3 is 0 Å². The van der Waals surface area contributed by atoms with Gasteiger partial charge in [-0.25, -0.2) is 19.3 Å². The number of nitrogens with zero attached hydrogens (tertiary/aromatic N) is 5. The predicted molar refractivity (Wildman–Crippen MR) is 122 cm³/mol. The summed E-state index contributed by atoms with van der Waals surface area (Å²) in [6.07, 6.45) is 5.12. The largest absolute Gasteiger partial charge is 0.497 e. The van der Waals surface area contributed by atoms with Gasteiger partial charge in [0, 0.05) is 35.8 Å². The maximum atomic E-state index is 14.1. The summed E-state index contributed by atoms with van der Waals surface area (Å²) >= 11 is 0. The van der Waals surface area contributed by atoms with Gasteiger partial charge in [0.2, 0.25) is 0 Å². The molecule has 9 heteroatoms. The van der Waals surface area contributed by atoms with Crippen LogP contribution in [-0.4, -0.2) is 42.2 Å². The van der Waals surface area contributed by atoms with Crippen molar-refractivity contribution >= 4 is 22.2 Å². The van der Waals surface area contributed by atoms with E-state index < -0.39 is 0 Å². The van der Waals surface area contributed by atoms with Crippen molar-refractivity contribution in [1.29, 1.82) is 0 Å². The van der Waals surface area contributed by atoms with Gasteiger partial charge in [-0.2, -0.15) is 5.10 Å². The molecule has 0 aliphatic heterocycles. The minimum absolute atomic E-state index is 0.389. The highest BCUT2D eigenvalue weighted by molar-refractivity contribution is 5.95. The van der Waals surface area contributed by atoms with Crippen LogP contribution in [0.1, 0.15) is 0 Å². The molecule has 0 aliphatic rings. The summed E-state index contributed by atoms with van der Waals surface area (Å²) in [5, 5.41) is 7.44. The molecule has 0 fully saturated rings. The van der Waals surface area contributed by atoms with Gasteiger partial charge in [-0.3, -0.25) is 10.1 Å². The topological polar surface area (TPSA) is 105 Å². The molecule has 0 bridgehead atoms. The average Bonchev–Trinajstić information content (AvgIpc) is 3.47. The van der Waals surface area contributed by atoms with E-state index in [1.54, 1.807) is 30.7 Å². The van der Waals surface area contributed by atoms with Gasteiger partial charge in [0.15, 0.2) is 17.2 Å². The fourth-order valence-corrected chi connectivity index (χ4v) is 3.84. The molecule has 0 atom stereocenters. The number of ether oxygens (including phenoxy) is 1. The van der Waals surface area contributed by atoms with E-state index in [9.17, 15) is 4.39 Å². The standard InChI is InChI=1S/C24H16FN7O/c1-33-16-10-14(9-15(25)11-16)17-6-8-27-23-20(17)29-24(30-23)22-21-19(31-32-22)5-4-18(28-21)13-3-2-7-26-12-13/h2-12H,1H3,(H,31,32)(H,27,29,30). The van der Waals surface area contributed by atoms with Crippen molar-refractivity contribution in [2.45, 2.75) is 0 Å². The number of imidazole rings is 1. The van der Waals surface area contributed by atoms with Gasteiger partial charge in [0.1, 0.15) is 17.1 Å². The van der Waals surface area contributed by atoms with Gasteiger partial charge < -0.3 is 9.72 Å². The molecule has 160 valence electrons. The Balaban J connectivity index is 1.50. The summed E-state index contributed by atoms with van der Waals surface area (Å²) in [7, 11) is 1.50. The number of fused-ring (bicyclic) bond motifs is 2. The summed E-state index contributed by atoms with van der Waals surface area (Å²) in [5.41, 5.74) is 6.26. The van der Waals surface area contributed by atoms with Crippen LogP contribution in [0.2, 0.25) is 0 Å². The quantitative estimate of drug-likeness (QED) is 0.411. The minimum Gasteiger partial charge on any atom is -0.497 e. The fourth-order valence-electron chi connectivity index (χ4n) is 3.84. The fraction of sp³-hybridized carbons (Fsp3) is 0.0417. The van der Waals surface area contributed by atoms with Crippen LogP contribution in [0.4, 0.5) is 4.39 Å². The smallest absolute Gasteiger partial charge is 0.178 e. The van der Waals surface area contributed by atoms with Crippen LogP contribution in [0.3, 0.4) is 0 Å². The highest BCUT2D eigenvalue weighted by Crippen LogP contribution is 2.32. The number of hydrogen-bond donors (Lipinski definition) is 2. The molecular weight excluding hydrogens is 421 g/mol. The van der Waals surface area contributed by atoms with Crippen molar-refractivity contribution in [2.24, 2.45) is 0 Å². The number of methoxy groups -OCH3 is 1. The Morgan fingerprint density at radius 2 is 1.91 bits per heavy atom. The molecule has 5 heterocycles. The third-order valence-corrected chi connectivity index (χ3v) is 5.40. The number of pyridine rings is 3. The molecule has 33 heavy (non-hydrogen) atoms. The third-order valence-electron chi connectivity index (χ3n) is 5.40. The van der Waals surface area contributed by atoms with Crippen LogP contribution < -0.4 is 4.74 Å². The zero-order valence-corrected chi connectivity index (χ0v) is 17.4. The van der Waals surface area contributed by atoms with Crippen LogP contribution in [0.15, 0.2) is 67.1 Å². The Morgan fingerprint density at radius 3 is 2.76 bits per heavy atom. The zero-order valence-electron chi connectivity index (χ0n) is 17.4. The second-order valence-electron chi connectivity index (χ2n) is 7.43. The Morgan fingerprint density at radius 1 is 0.970 bits per heavy atom. The summed E-state index contributed by atoms with van der Waals surface area (Å²) in [5.74, 6) is 0.551. The van der Waals surface area contributed by atoms with Gasteiger partial charge in [-0.15, -0.1) is 0 Å². The number of aromatic nitrogens is 7. The molecule has 6 aromatic rings. The van der Waals surface area contributed by atoms with E-state index in [2.05, 4.69) is 30.1 Å². The first-order chi connectivity index (χ1) is 16.2. The van der Waals surface area contributed by atoms with E-state index in [0.29, 0.717) is 39.5 Å². The minimum atomic E-state index is -0.389. The predicted octanol–water partition coefficient (Wildman–Crippen LogP) is 4.77. The Kier molecular flexibility index (Phi) is 4.32. The van der Waals surface area contributed by atoms with Gasteiger partial charge in [0.25, 0.3) is 0 Å². The summed E-state index contributed by atoms with van der Waals surface area (Å²) in [4.78, 5) is 21.3. The lowest BCUT2D eigenvalue weighted by Crippen LogP contribution is -1.89. The molecule has 0 unspecified atom stereocenters. The molecule has 5 aromatic heterocycles. The molecular formula is C24H16FN7O. The molecule has 0 saturated carbocycles. The van der Waals surface area contributed by atoms with Crippen LogP contribution in [0.25, 0.3) is 56.1 Å². The number of H-pyrrole nitrogens is 2. The molecule has 8 nitrogen and oxygen atoms in total. The first-order valence-corrected chi connectivity index (χ1v) is 10.1. The maximum Gasteiger partial charge on any atom is 0.178 e. The molecule has 0 spiro atoms. The normalized spacial score (nSPS) is 11.3. The monoisotopic (exact) mass is 437 g/mol. The molecule has 6 rings (SSSR count). The molecule has 0 saturated heterocycles. The number of aromatic amines is 2. The second-order valence-corrected chi connectivity index (χ2v) is 7.43. The third kappa shape index (κ3) is 3.26. The van der Waals surface area contributed by atoms with Crippen molar-refractivity contribution in [3.63, 3.8) is 0 Å². The highest BCUT2D eigenvalue weighted by atomic mass is 19.1. The van der Waals surface area contributed by atoms with Crippen LogP contribution in [0, 0.1) is 5.82 Å². The van der Waals surface area contributed by atoms with E-state index >= 15 is 0 Å². The maximum absolute atomic E-state index is 14.1. The number of rotatable bonds is 4. The van der Waals surface area contributed by atoms with Crippen LogP contribution in [-0.2, 0) is 0 Å². The molecule has 1 aromatic carbocycles. The van der Waals surface area contributed by atoms with Gasteiger partial charge in [0.05, 0.1) is 23.8 Å². The lowest BCUT2D eigenvalue weighted by Gasteiger charge is -2.06. The van der Waals surface area contributed by atoms with E-state index in [-0.39, 0.29) is 5.82 Å².